The smallest absolute Gasteiger partial charge is 0.0538 e. The van der Waals surface area contributed by atoms with Crippen molar-refractivity contribution in [1.82, 2.24) is 14.7 Å². The number of nitrogens with zero attached hydrogens (tertiary/aromatic N) is 3. The maximum absolute atomic E-state index is 6.30. The Balaban J connectivity index is 2.84. The summed E-state index contributed by atoms with van der Waals surface area (Å²) in [5, 5.41) is 4.27. The summed E-state index contributed by atoms with van der Waals surface area (Å²) >= 11 is 0. The Hall–Kier alpha value is -0.870. The van der Waals surface area contributed by atoms with E-state index in [1.54, 1.807) is 0 Å². The first-order chi connectivity index (χ1) is 8.49. The number of hydrogen-bond donors (Lipinski definition) is 1. The summed E-state index contributed by atoms with van der Waals surface area (Å²) in [5.41, 5.74) is 7.52. The van der Waals surface area contributed by atoms with Gasteiger partial charge < -0.3 is 5.73 Å². The third-order valence-corrected chi connectivity index (χ3v) is 3.71. The summed E-state index contributed by atoms with van der Waals surface area (Å²) in [6.07, 6.45) is 6.19. The monoisotopic (exact) mass is 252 g/mol. The summed E-state index contributed by atoms with van der Waals surface area (Å²) in [5.74, 6) is 0.693. The van der Waals surface area contributed by atoms with Crippen LogP contribution in [-0.2, 0) is 7.05 Å². The Morgan fingerprint density at radius 3 is 2.50 bits per heavy atom. The maximum atomic E-state index is 6.30. The molecule has 0 aliphatic heterocycles. The minimum absolute atomic E-state index is 0.156. The van der Waals surface area contributed by atoms with Crippen LogP contribution in [0.25, 0.3) is 0 Å². The third-order valence-electron chi connectivity index (χ3n) is 3.71. The van der Waals surface area contributed by atoms with Crippen molar-refractivity contribution in [3.05, 3.63) is 18.0 Å². The van der Waals surface area contributed by atoms with E-state index in [0.29, 0.717) is 5.92 Å². The van der Waals surface area contributed by atoms with Crippen molar-refractivity contribution < 1.29 is 0 Å². The molecule has 0 aliphatic rings. The molecular weight excluding hydrogens is 224 g/mol. The molecule has 0 spiro atoms. The normalized spacial score (nSPS) is 16.8. The van der Waals surface area contributed by atoms with Crippen LogP contribution in [0.1, 0.15) is 45.2 Å². The van der Waals surface area contributed by atoms with Gasteiger partial charge in [-0.1, -0.05) is 27.2 Å². The molecule has 0 aliphatic carbocycles. The van der Waals surface area contributed by atoms with Gasteiger partial charge in [0.25, 0.3) is 0 Å². The average Bonchev–Trinajstić information content (AvgIpc) is 2.75. The van der Waals surface area contributed by atoms with E-state index < -0.39 is 0 Å². The van der Waals surface area contributed by atoms with Crippen LogP contribution in [0.3, 0.4) is 0 Å². The Bertz CT molecular complexity index is 347. The molecule has 0 aromatic carbocycles. The first kappa shape index (κ1) is 15.2. The molecule has 0 saturated heterocycles. The quantitative estimate of drug-likeness (QED) is 0.809. The Labute approximate surface area is 111 Å². The SMILES string of the molecule is CCC(C)CN(C)C(c1cnn(C)c1)C(N)CC. The molecule has 4 heteroatoms. The summed E-state index contributed by atoms with van der Waals surface area (Å²) in [6, 6.07) is 0.418. The van der Waals surface area contributed by atoms with Gasteiger partial charge in [-0.25, -0.2) is 0 Å². The van der Waals surface area contributed by atoms with Crippen LogP contribution in [-0.4, -0.2) is 34.3 Å². The van der Waals surface area contributed by atoms with E-state index in [0.717, 1.165) is 13.0 Å². The van der Waals surface area contributed by atoms with E-state index in [9.17, 15) is 0 Å². The first-order valence-electron chi connectivity index (χ1n) is 6.93. The molecule has 18 heavy (non-hydrogen) atoms. The highest BCUT2D eigenvalue weighted by Gasteiger charge is 2.25. The summed E-state index contributed by atoms with van der Waals surface area (Å²) in [7, 11) is 4.12. The highest BCUT2D eigenvalue weighted by Crippen LogP contribution is 2.24. The number of hydrogen-bond acceptors (Lipinski definition) is 3. The van der Waals surface area contributed by atoms with E-state index in [4.69, 9.17) is 5.73 Å². The fraction of sp³-hybridized carbons (Fsp3) is 0.786. The fourth-order valence-electron chi connectivity index (χ4n) is 2.38. The lowest BCUT2D eigenvalue weighted by molar-refractivity contribution is 0.182. The van der Waals surface area contributed by atoms with Crippen molar-refractivity contribution in [3.8, 4) is 0 Å². The zero-order valence-corrected chi connectivity index (χ0v) is 12.4. The van der Waals surface area contributed by atoms with Gasteiger partial charge in [0.15, 0.2) is 0 Å². The fourth-order valence-corrected chi connectivity index (χ4v) is 2.38. The number of rotatable bonds is 7. The lowest BCUT2D eigenvalue weighted by atomic mass is 9.98. The maximum Gasteiger partial charge on any atom is 0.0538 e. The van der Waals surface area contributed by atoms with E-state index in [2.05, 4.69) is 44.0 Å². The van der Waals surface area contributed by atoms with Crippen molar-refractivity contribution in [3.63, 3.8) is 0 Å². The molecule has 1 aromatic heterocycles. The van der Waals surface area contributed by atoms with Crippen LogP contribution in [0, 0.1) is 5.92 Å². The van der Waals surface area contributed by atoms with Gasteiger partial charge in [-0.3, -0.25) is 9.58 Å². The largest absolute Gasteiger partial charge is 0.326 e. The van der Waals surface area contributed by atoms with Crippen LogP contribution < -0.4 is 5.73 Å². The molecule has 3 atom stereocenters. The van der Waals surface area contributed by atoms with E-state index in [1.165, 1.54) is 12.0 Å². The molecule has 0 radical (unpaired) electrons. The zero-order chi connectivity index (χ0) is 13.7. The predicted molar refractivity (Wildman–Crippen MR) is 76.3 cm³/mol. The van der Waals surface area contributed by atoms with Gasteiger partial charge in [-0.15, -0.1) is 0 Å². The second-order valence-electron chi connectivity index (χ2n) is 5.42. The minimum atomic E-state index is 0.156. The van der Waals surface area contributed by atoms with Gasteiger partial charge in [0, 0.05) is 31.4 Å². The summed E-state index contributed by atoms with van der Waals surface area (Å²) < 4.78 is 1.85. The summed E-state index contributed by atoms with van der Waals surface area (Å²) in [4.78, 5) is 2.37. The number of likely N-dealkylation sites (N-methyl/N-ethyl adjacent to an activating group) is 1. The molecular formula is C14H28N4. The van der Waals surface area contributed by atoms with Crippen molar-refractivity contribution in [2.75, 3.05) is 13.6 Å². The average molecular weight is 252 g/mol. The van der Waals surface area contributed by atoms with Crippen molar-refractivity contribution in [2.45, 2.75) is 45.7 Å². The van der Waals surface area contributed by atoms with Gasteiger partial charge in [0.1, 0.15) is 0 Å². The summed E-state index contributed by atoms with van der Waals surface area (Å²) in [6.45, 7) is 7.74. The molecule has 1 aromatic rings. The van der Waals surface area contributed by atoms with Crippen LogP contribution in [0.15, 0.2) is 12.4 Å². The van der Waals surface area contributed by atoms with Crippen molar-refractivity contribution in [2.24, 2.45) is 18.7 Å². The highest BCUT2D eigenvalue weighted by atomic mass is 15.2. The van der Waals surface area contributed by atoms with Gasteiger partial charge in [-0.05, 0) is 19.4 Å². The number of aryl methyl sites for hydroxylation is 1. The van der Waals surface area contributed by atoms with Crippen molar-refractivity contribution >= 4 is 0 Å². The van der Waals surface area contributed by atoms with E-state index in [1.807, 2.05) is 17.9 Å². The Morgan fingerprint density at radius 2 is 2.06 bits per heavy atom. The second-order valence-corrected chi connectivity index (χ2v) is 5.42. The Morgan fingerprint density at radius 1 is 1.39 bits per heavy atom. The molecule has 104 valence electrons. The highest BCUT2D eigenvalue weighted by molar-refractivity contribution is 5.13. The van der Waals surface area contributed by atoms with Crippen LogP contribution in [0.2, 0.25) is 0 Å². The molecule has 2 N–H and O–H groups in total. The van der Waals surface area contributed by atoms with Crippen LogP contribution in [0.4, 0.5) is 0 Å². The molecule has 3 unspecified atom stereocenters. The Kier molecular flexibility index (Phi) is 5.82. The minimum Gasteiger partial charge on any atom is -0.326 e. The second kappa shape index (κ2) is 6.90. The van der Waals surface area contributed by atoms with Crippen LogP contribution >= 0.6 is 0 Å². The molecule has 0 bridgehead atoms. The number of nitrogens with two attached hydrogens (primary N) is 1. The predicted octanol–water partition coefficient (Wildman–Crippen LogP) is 2.18. The molecule has 4 nitrogen and oxygen atoms in total. The first-order valence-corrected chi connectivity index (χ1v) is 6.93. The number of aromatic nitrogens is 2. The van der Waals surface area contributed by atoms with Crippen molar-refractivity contribution in [1.29, 1.82) is 0 Å². The van der Waals surface area contributed by atoms with Gasteiger partial charge in [-0.2, -0.15) is 5.10 Å². The third kappa shape index (κ3) is 3.82. The molecule has 0 saturated carbocycles. The van der Waals surface area contributed by atoms with E-state index >= 15 is 0 Å². The lowest BCUT2D eigenvalue weighted by Gasteiger charge is -2.33. The molecule has 1 heterocycles. The van der Waals surface area contributed by atoms with Gasteiger partial charge in [0.05, 0.1) is 12.2 Å². The van der Waals surface area contributed by atoms with E-state index in [-0.39, 0.29) is 12.1 Å². The zero-order valence-electron chi connectivity index (χ0n) is 12.4. The lowest BCUT2D eigenvalue weighted by Crippen LogP contribution is -2.40. The topological polar surface area (TPSA) is 47.1 Å². The van der Waals surface area contributed by atoms with Gasteiger partial charge >= 0.3 is 0 Å². The molecule has 0 amide bonds. The van der Waals surface area contributed by atoms with Gasteiger partial charge in [0.2, 0.25) is 0 Å². The standard InChI is InChI=1S/C14H28N4/c1-6-11(3)9-17(4)14(13(15)7-2)12-8-16-18(5)10-12/h8,10-11,13-14H,6-7,9,15H2,1-5H3. The molecule has 0 fully saturated rings. The molecule has 1 rings (SSSR count). The van der Waals surface area contributed by atoms with Crippen LogP contribution in [0.5, 0.6) is 0 Å².